The van der Waals surface area contributed by atoms with Crippen LogP contribution in [0.4, 0.5) is 10.1 Å². The Kier molecular flexibility index (Phi) is 4.04. The molecule has 0 N–H and O–H groups in total. The summed E-state index contributed by atoms with van der Waals surface area (Å²) >= 11 is 0. The lowest BCUT2D eigenvalue weighted by Gasteiger charge is -2.20. The van der Waals surface area contributed by atoms with E-state index in [0.29, 0.717) is 5.56 Å². The molecule has 1 aliphatic rings. The van der Waals surface area contributed by atoms with Crippen LogP contribution in [-0.2, 0) is 19.4 Å². The lowest BCUT2D eigenvalue weighted by atomic mass is 10.1. The van der Waals surface area contributed by atoms with Crippen molar-refractivity contribution in [1.82, 2.24) is 0 Å². The number of anilines is 1. The van der Waals surface area contributed by atoms with Crippen LogP contribution in [0.15, 0.2) is 42.5 Å². The molecule has 22 heavy (non-hydrogen) atoms. The second-order valence-corrected chi connectivity index (χ2v) is 5.40. The Morgan fingerprint density at radius 1 is 1.27 bits per heavy atom. The van der Waals surface area contributed by atoms with Crippen molar-refractivity contribution in [2.24, 2.45) is 0 Å². The molecule has 0 spiro atoms. The summed E-state index contributed by atoms with van der Waals surface area (Å²) in [6.07, 6.45) is 0.860. The van der Waals surface area contributed by atoms with E-state index in [1.165, 1.54) is 11.6 Å². The molecule has 3 rings (SSSR count). The van der Waals surface area contributed by atoms with E-state index in [4.69, 9.17) is 0 Å². The maximum Gasteiger partial charge on any atom is 0.283 e. The predicted octanol–water partition coefficient (Wildman–Crippen LogP) is 3.37. The van der Waals surface area contributed by atoms with Gasteiger partial charge in [-0.3, -0.25) is 10.1 Å². The third-order valence-corrected chi connectivity index (χ3v) is 3.92. The van der Waals surface area contributed by atoms with E-state index in [1.54, 1.807) is 6.07 Å². The number of halogens is 1. The highest BCUT2D eigenvalue weighted by Crippen LogP contribution is 2.32. The van der Waals surface area contributed by atoms with Gasteiger partial charge in [-0.1, -0.05) is 36.4 Å². The van der Waals surface area contributed by atoms with Crippen molar-refractivity contribution < 1.29 is 9.31 Å². The monoisotopic (exact) mass is 299 g/mol. The van der Waals surface area contributed by atoms with Crippen LogP contribution in [0.2, 0.25) is 0 Å². The Morgan fingerprint density at radius 3 is 2.77 bits per heavy atom. The zero-order chi connectivity index (χ0) is 15.5. The molecular formula is C17H16FN2O2. The fraction of sp³-hybridized carbons (Fsp3) is 0.235. The number of rotatable bonds is 5. The molecule has 0 amide bonds. The first kappa shape index (κ1) is 14.5. The normalized spacial score (nSPS) is 13.2. The van der Waals surface area contributed by atoms with Gasteiger partial charge in [-0.2, -0.15) is 0 Å². The van der Waals surface area contributed by atoms with Gasteiger partial charge in [-0.05, 0) is 29.2 Å². The Balaban J connectivity index is 1.79. The summed E-state index contributed by atoms with van der Waals surface area (Å²) in [5.41, 5.74) is 3.52. The van der Waals surface area contributed by atoms with Crippen LogP contribution >= 0.6 is 0 Å². The van der Waals surface area contributed by atoms with Crippen molar-refractivity contribution in [3.63, 3.8) is 0 Å². The predicted molar refractivity (Wildman–Crippen MR) is 82.6 cm³/mol. The average molecular weight is 299 g/mol. The van der Waals surface area contributed by atoms with Crippen LogP contribution in [0.1, 0.15) is 16.7 Å². The molecule has 1 heterocycles. The number of nitro groups is 1. The van der Waals surface area contributed by atoms with Crippen molar-refractivity contribution in [2.75, 3.05) is 11.4 Å². The average Bonchev–Trinajstić information content (AvgIpc) is 2.88. The Hall–Kier alpha value is -2.43. The van der Waals surface area contributed by atoms with Gasteiger partial charge in [0.2, 0.25) is 0 Å². The van der Waals surface area contributed by atoms with Crippen molar-refractivity contribution in [3.05, 3.63) is 81.6 Å². The van der Waals surface area contributed by atoms with Crippen LogP contribution in [0.3, 0.4) is 0 Å². The molecular weight excluding hydrogens is 283 g/mol. The first-order chi connectivity index (χ1) is 10.6. The lowest BCUT2D eigenvalue weighted by molar-refractivity contribution is -0.436. The van der Waals surface area contributed by atoms with Crippen LogP contribution in [-0.4, -0.2) is 11.5 Å². The Labute approximate surface area is 128 Å². The van der Waals surface area contributed by atoms with E-state index in [0.717, 1.165) is 37.3 Å². The molecule has 0 bridgehead atoms. The van der Waals surface area contributed by atoms with Gasteiger partial charge >= 0.3 is 0 Å². The lowest BCUT2D eigenvalue weighted by Crippen LogP contribution is -2.19. The van der Waals surface area contributed by atoms with Gasteiger partial charge in [0.1, 0.15) is 5.82 Å². The second kappa shape index (κ2) is 6.13. The molecule has 0 atom stereocenters. The molecule has 0 saturated heterocycles. The molecule has 0 aliphatic carbocycles. The number of fused-ring (bicyclic) bond motifs is 1. The van der Waals surface area contributed by atoms with E-state index in [1.807, 2.05) is 18.2 Å². The van der Waals surface area contributed by atoms with Crippen LogP contribution in [0.25, 0.3) is 0 Å². The minimum atomic E-state index is -0.533. The summed E-state index contributed by atoms with van der Waals surface area (Å²) in [6.45, 7) is 2.47. The zero-order valence-electron chi connectivity index (χ0n) is 12.0. The standard InChI is InChI=1S/C17H16FN2O2/c18-16-11-17-15(10-14(16)7-9-20(21)22)6-8-19(17)12-13-4-2-1-3-5-13/h1-5,9-11H,6-8,12H2. The van der Waals surface area contributed by atoms with Gasteiger partial charge < -0.3 is 4.90 Å². The van der Waals surface area contributed by atoms with Gasteiger partial charge in [-0.25, -0.2) is 4.39 Å². The topological polar surface area (TPSA) is 46.4 Å². The highest BCUT2D eigenvalue weighted by atomic mass is 19.1. The van der Waals surface area contributed by atoms with Crippen molar-refractivity contribution in [3.8, 4) is 0 Å². The summed E-state index contributed by atoms with van der Waals surface area (Å²) in [5.74, 6) is -0.378. The van der Waals surface area contributed by atoms with E-state index in [9.17, 15) is 14.5 Å². The maximum atomic E-state index is 14.1. The Bertz CT molecular complexity index is 689. The number of benzene rings is 2. The summed E-state index contributed by atoms with van der Waals surface area (Å²) in [6, 6.07) is 13.3. The number of nitrogens with zero attached hydrogens (tertiary/aromatic N) is 2. The van der Waals surface area contributed by atoms with Gasteiger partial charge in [0.25, 0.3) is 6.54 Å². The smallest absolute Gasteiger partial charge is 0.283 e. The van der Waals surface area contributed by atoms with Gasteiger partial charge in [0.05, 0.1) is 6.42 Å². The fourth-order valence-electron chi connectivity index (χ4n) is 2.83. The zero-order valence-corrected chi connectivity index (χ0v) is 12.0. The quantitative estimate of drug-likeness (QED) is 0.628. The maximum absolute atomic E-state index is 14.1. The van der Waals surface area contributed by atoms with Crippen LogP contribution < -0.4 is 4.90 Å². The van der Waals surface area contributed by atoms with Crippen molar-refractivity contribution >= 4 is 5.69 Å². The van der Waals surface area contributed by atoms with Crippen molar-refractivity contribution in [2.45, 2.75) is 19.4 Å². The molecule has 113 valence electrons. The highest BCUT2D eigenvalue weighted by Gasteiger charge is 2.22. The van der Waals surface area contributed by atoms with Crippen molar-refractivity contribution in [1.29, 1.82) is 0 Å². The summed E-state index contributed by atoms with van der Waals surface area (Å²) in [7, 11) is 0. The van der Waals surface area contributed by atoms with Gasteiger partial charge in [0.15, 0.2) is 0 Å². The SMILES string of the molecule is O=[N+]([O-])[CH]Cc1cc2c(cc1F)N(Cc1ccccc1)CC2. The molecule has 0 unspecified atom stereocenters. The Morgan fingerprint density at radius 2 is 2.05 bits per heavy atom. The van der Waals surface area contributed by atoms with Gasteiger partial charge in [-0.15, -0.1) is 0 Å². The van der Waals surface area contributed by atoms with Crippen LogP contribution in [0.5, 0.6) is 0 Å². The third-order valence-electron chi connectivity index (χ3n) is 3.92. The highest BCUT2D eigenvalue weighted by molar-refractivity contribution is 5.59. The molecule has 0 fully saturated rings. The second-order valence-electron chi connectivity index (χ2n) is 5.40. The summed E-state index contributed by atoms with van der Waals surface area (Å²) < 4.78 is 14.1. The van der Waals surface area contributed by atoms with E-state index in [-0.39, 0.29) is 12.2 Å². The van der Waals surface area contributed by atoms with Crippen LogP contribution in [0, 0.1) is 22.5 Å². The van der Waals surface area contributed by atoms with E-state index in [2.05, 4.69) is 17.0 Å². The molecule has 2 aromatic rings. The van der Waals surface area contributed by atoms with Gasteiger partial charge in [0, 0.05) is 23.7 Å². The number of hydrogen-bond acceptors (Lipinski definition) is 3. The third kappa shape index (κ3) is 3.08. The summed E-state index contributed by atoms with van der Waals surface area (Å²) in [4.78, 5) is 12.0. The van der Waals surface area contributed by atoms with E-state index < -0.39 is 4.92 Å². The molecule has 4 nitrogen and oxygen atoms in total. The minimum Gasteiger partial charge on any atom is -0.367 e. The molecule has 1 radical (unpaired) electrons. The molecule has 2 aromatic carbocycles. The minimum absolute atomic E-state index is 0.0186. The molecule has 0 aromatic heterocycles. The first-order valence-corrected chi connectivity index (χ1v) is 7.20. The molecule has 0 saturated carbocycles. The fourth-order valence-corrected chi connectivity index (χ4v) is 2.83. The first-order valence-electron chi connectivity index (χ1n) is 7.20. The number of hydrogen-bond donors (Lipinski definition) is 0. The summed E-state index contributed by atoms with van der Waals surface area (Å²) in [5, 5.41) is 10.4. The van der Waals surface area contributed by atoms with E-state index >= 15 is 0 Å². The molecule has 5 heteroatoms. The molecule has 1 aliphatic heterocycles. The largest absolute Gasteiger partial charge is 0.367 e.